The van der Waals surface area contributed by atoms with Gasteiger partial charge >= 0.3 is 0 Å². The van der Waals surface area contributed by atoms with Crippen molar-refractivity contribution in [1.29, 1.82) is 0 Å². The van der Waals surface area contributed by atoms with Gasteiger partial charge in [0.25, 0.3) is 0 Å². The van der Waals surface area contributed by atoms with E-state index in [0.29, 0.717) is 10.8 Å². The molecule has 2 rings (SSSR count). The van der Waals surface area contributed by atoms with Crippen molar-refractivity contribution < 1.29 is 0 Å². The van der Waals surface area contributed by atoms with Crippen LogP contribution in [0.3, 0.4) is 0 Å². The van der Waals surface area contributed by atoms with Crippen LogP contribution in [0.5, 0.6) is 0 Å². The van der Waals surface area contributed by atoms with Gasteiger partial charge in [0.2, 0.25) is 0 Å². The molecule has 1 N–H and O–H groups in total. The highest BCUT2D eigenvalue weighted by atomic mass is 32.2. The molecule has 96 valence electrons. The molecule has 17 heavy (non-hydrogen) atoms. The zero-order chi connectivity index (χ0) is 12.5. The van der Waals surface area contributed by atoms with Gasteiger partial charge in [-0.15, -0.1) is 11.3 Å². The van der Waals surface area contributed by atoms with Crippen molar-refractivity contribution in [2.75, 3.05) is 12.3 Å². The van der Waals surface area contributed by atoms with Crippen LogP contribution in [0.4, 0.5) is 0 Å². The van der Waals surface area contributed by atoms with E-state index >= 15 is 0 Å². The largest absolute Gasteiger partial charge is 0.309 e. The Kier molecular flexibility index (Phi) is 4.22. The molecule has 3 heteroatoms. The van der Waals surface area contributed by atoms with E-state index in [1.807, 2.05) is 11.3 Å². The lowest BCUT2D eigenvalue weighted by Crippen LogP contribution is -2.34. The summed E-state index contributed by atoms with van der Waals surface area (Å²) in [6.07, 6.45) is 2.74. The third-order valence-corrected chi connectivity index (χ3v) is 6.15. The molecule has 2 heterocycles. The van der Waals surface area contributed by atoms with Crippen LogP contribution in [0, 0.1) is 13.8 Å². The summed E-state index contributed by atoms with van der Waals surface area (Å²) in [6.45, 7) is 10.2. The fourth-order valence-corrected chi connectivity index (χ4v) is 4.81. The maximum absolute atomic E-state index is 3.72. The Hall–Kier alpha value is 0.01000. The van der Waals surface area contributed by atoms with Crippen LogP contribution < -0.4 is 5.32 Å². The van der Waals surface area contributed by atoms with Crippen molar-refractivity contribution in [1.82, 2.24) is 5.32 Å². The minimum absolute atomic E-state index is 0.466. The molecule has 0 aliphatic carbocycles. The normalized spacial score (nSPS) is 26.4. The maximum Gasteiger partial charge on any atom is 0.0303 e. The Labute approximate surface area is 113 Å². The number of hydrogen-bond acceptors (Lipinski definition) is 3. The van der Waals surface area contributed by atoms with Gasteiger partial charge in [-0.2, -0.15) is 11.8 Å². The van der Waals surface area contributed by atoms with Crippen LogP contribution in [0.25, 0.3) is 0 Å². The van der Waals surface area contributed by atoms with E-state index < -0.39 is 0 Å². The average Bonchev–Trinajstić information content (AvgIpc) is 2.83. The van der Waals surface area contributed by atoms with Crippen LogP contribution in [0.15, 0.2) is 6.07 Å². The number of aryl methyl sites for hydroxylation is 2. The molecule has 1 aromatic rings. The molecule has 0 bridgehead atoms. The van der Waals surface area contributed by atoms with E-state index in [9.17, 15) is 0 Å². The summed E-state index contributed by atoms with van der Waals surface area (Å²) in [5.41, 5.74) is 1.49. The van der Waals surface area contributed by atoms with E-state index in [-0.39, 0.29) is 0 Å². The Balaban J connectivity index is 1.93. The van der Waals surface area contributed by atoms with E-state index in [1.165, 1.54) is 33.9 Å². The number of nitrogens with one attached hydrogen (secondary N) is 1. The molecule has 0 radical (unpaired) electrons. The number of rotatable bonds is 4. The lowest BCUT2D eigenvalue weighted by atomic mass is 10.0. The lowest BCUT2D eigenvalue weighted by molar-refractivity contribution is 0.490. The van der Waals surface area contributed by atoms with Gasteiger partial charge in [0, 0.05) is 27.1 Å². The summed E-state index contributed by atoms with van der Waals surface area (Å²) in [4.78, 5) is 2.89. The summed E-state index contributed by atoms with van der Waals surface area (Å²) in [6, 6.07) is 2.82. The SMILES string of the molecule is Cc1cc(C(C)NCC2(C)CCCS2)c(C)s1. The standard InChI is InChI=1S/C14H23NS2/c1-10-8-13(12(3)17-10)11(2)15-9-14(4)6-5-7-16-14/h8,11,15H,5-7,9H2,1-4H3. The molecule has 1 nitrogen and oxygen atoms in total. The highest BCUT2D eigenvalue weighted by Gasteiger charge is 2.29. The molecule has 0 spiro atoms. The topological polar surface area (TPSA) is 12.0 Å². The smallest absolute Gasteiger partial charge is 0.0303 e. The van der Waals surface area contributed by atoms with Crippen molar-refractivity contribution in [3.8, 4) is 0 Å². The van der Waals surface area contributed by atoms with Crippen LogP contribution >= 0.6 is 23.1 Å². The zero-order valence-electron chi connectivity index (χ0n) is 11.3. The van der Waals surface area contributed by atoms with Crippen LogP contribution in [0.1, 0.15) is 48.0 Å². The quantitative estimate of drug-likeness (QED) is 0.874. The number of thioether (sulfide) groups is 1. The third kappa shape index (κ3) is 3.27. The second kappa shape index (κ2) is 5.33. The highest BCUT2D eigenvalue weighted by molar-refractivity contribution is 8.00. The van der Waals surface area contributed by atoms with E-state index in [4.69, 9.17) is 0 Å². The third-order valence-electron chi connectivity index (χ3n) is 3.63. The van der Waals surface area contributed by atoms with E-state index in [2.05, 4.69) is 50.8 Å². The van der Waals surface area contributed by atoms with Gasteiger partial charge in [-0.25, -0.2) is 0 Å². The van der Waals surface area contributed by atoms with E-state index in [1.54, 1.807) is 0 Å². The first-order valence-corrected chi connectivity index (χ1v) is 8.25. The lowest BCUT2D eigenvalue weighted by Gasteiger charge is -2.25. The van der Waals surface area contributed by atoms with Gasteiger partial charge in [0.15, 0.2) is 0 Å². The Morgan fingerprint density at radius 3 is 2.76 bits per heavy atom. The fourth-order valence-electron chi connectivity index (χ4n) is 2.54. The van der Waals surface area contributed by atoms with Gasteiger partial charge in [-0.3, -0.25) is 0 Å². The molecular weight excluding hydrogens is 246 g/mol. The molecule has 0 aromatic carbocycles. The molecule has 1 aromatic heterocycles. The molecule has 1 aliphatic rings. The first kappa shape index (κ1) is 13.4. The maximum atomic E-state index is 3.72. The summed E-state index contributed by atoms with van der Waals surface area (Å²) in [5, 5.41) is 3.72. The minimum atomic E-state index is 0.466. The summed E-state index contributed by atoms with van der Waals surface area (Å²) < 4.78 is 0.466. The molecule has 2 unspecified atom stereocenters. The molecule has 1 aliphatic heterocycles. The van der Waals surface area contributed by atoms with Gasteiger partial charge in [-0.1, -0.05) is 0 Å². The van der Waals surface area contributed by atoms with Crippen molar-refractivity contribution in [2.24, 2.45) is 0 Å². The second-order valence-corrected chi connectivity index (χ2v) is 8.52. The van der Waals surface area contributed by atoms with Crippen molar-refractivity contribution in [2.45, 2.75) is 51.3 Å². The van der Waals surface area contributed by atoms with Crippen molar-refractivity contribution in [3.63, 3.8) is 0 Å². The van der Waals surface area contributed by atoms with Gasteiger partial charge in [0.1, 0.15) is 0 Å². The average molecular weight is 269 g/mol. The van der Waals surface area contributed by atoms with Gasteiger partial charge in [-0.05, 0) is 57.9 Å². The van der Waals surface area contributed by atoms with Gasteiger partial charge < -0.3 is 5.32 Å². The molecule has 1 saturated heterocycles. The molecule has 1 fully saturated rings. The first-order chi connectivity index (χ1) is 8.00. The van der Waals surface area contributed by atoms with Crippen LogP contribution in [-0.2, 0) is 0 Å². The Morgan fingerprint density at radius 2 is 2.24 bits per heavy atom. The van der Waals surface area contributed by atoms with Crippen LogP contribution in [0.2, 0.25) is 0 Å². The predicted molar refractivity (Wildman–Crippen MR) is 80.3 cm³/mol. The second-order valence-electron chi connectivity index (χ2n) is 5.37. The molecular formula is C14H23NS2. The summed E-state index contributed by atoms with van der Waals surface area (Å²) in [7, 11) is 0. The van der Waals surface area contributed by atoms with Crippen molar-refractivity contribution >= 4 is 23.1 Å². The van der Waals surface area contributed by atoms with Crippen molar-refractivity contribution in [3.05, 3.63) is 21.4 Å². The number of thiophene rings is 1. The highest BCUT2D eigenvalue weighted by Crippen LogP contribution is 2.37. The zero-order valence-corrected chi connectivity index (χ0v) is 12.9. The summed E-state index contributed by atoms with van der Waals surface area (Å²) in [5.74, 6) is 1.34. The first-order valence-electron chi connectivity index (χ1n) is 6.44. The van der Waals surface area contributed by atoms with E-state index in [0.717, 1.165) is 6.54 Å². The molecule has 0 amide bonds. The Morgan fingerprint density at radius 1 is 1.47 bits per heavy atom. The van der Waals surface area contributed by atoms with Crippen LogP contribution in [-0.4, -0.2) is 17.0 Å². The Bertz CT molecular complexity index is 378. The minimum Gasteiger partial charge on any atom is -0.309 e. The number of hydrogen-bond donors (Lipinski definition) is 1. The summed E-state index contributed by atoms with van der Waals surface area (Å²) >= 11 is 4.04. The fraction of sp³-hybridized carbons (Fsp3) is 0.714. The molecule has 0 saturated carbocycles. The van der Waals surface area contributed by atoms with Gasteiger partial charge in [0.05, 0.1) is 0 Å². The predicted octanol–water partition coefficient (Wildman–Crippen LogP) is 4.30. The molecule has 2 atom stereocenters. The monoisotopic (exact) mass is 269 g/mol.